The van der Waals surface area contributed by atoms with Crippen LogP contribution in [0.5, 0.6) is 0 Å². The zero-order valence-corrected chi connectivity index (χ0v) is 18.8. The summed E-state index contributed by atoms with van der Waals surface area (Å²) in [7, 11) is 0. The maximum atomic E-state index is 11.6. The second kappa shape index (κ2) is 26.4. The van der Waals surface area contributed by atoms with Gasteiger partial charge in [-0.25, -0.2) is 0 Å². The van der Waals surface area contributed by atoms with Crippen LogP contribution >= 0.6 is 0 Å². The second-order valence-electron chi connectivity index (χ2n) is 6.29. The van der Waals surface area contributed by atoms with E-state index in [4.69, 9.17) is 5.26 Å². The lowest BCUT2D eigenvalue weighted by Gasteiger charge is -2.26. The van der Waals surface area contributed by atoms with Crippen molar-refractivity contribution in [2.24, 2.45) is 0 Å². The lowest BCUT2D eigenvalue weighted by atomic mass is 10.2. The maximum absolute atomic E-state index is 11.6. The fourth-order valence-corrected chi connectivity index (χ4v) is 1.86. The van der Waals surface area contributed by atoms with E-state index in [1.165, 1.54) is 26.2 Å². The van der Waals surface area contributed by atoms with Crippen molar-refractivity contribution in [3.8, 4) is 6.07 Å². The van der Waals surface area contributed by atoms with E-state index in [1.54, 1.807) is 18.2 Å². The second-order valence-corrected chi connectivity index (χ2v) is 6.29. The van der Waals surface area contributed by atoms with Crippen LogP contribution in [0.1, 0.15) is 74.1 Å². The average molecular weight is 378 g/mol. The van der Waals surface area contributed by atoms with Crippen LogP contribution in [0.25, 0.3) is 0 Å². The summed E-state index contributed by atoms with van der Waals surface area (Å²) in [6.45, 7) is 17.1. The largest absolute Gasteiger partial charge is 0.351 e. The van der Waals surface area contributed by atoms with Crippen LogP contribution in [0.3, 0.4) is 0 Å². The SMILES string of the molecule is CC#N.CCC.CC\C=C/C=C\C=C\C(=O)NCCN(CCCC)C(C)C. The minimum atomic E-state index is -0.0293. The van der Waals surface area contributed by atoms with Gasteiger partial charge >= 0.3 is 0 Å². The monoisotopic (exact) mass is 377 g/mol. The third-order valence-electron chi connectivity index (χ3n) is 3.18. The highest BCUT2D eigenvalue weighted by Gasteiger charge is 2.08. The number of hydrogen-bond donors (Lipinski definition) is 1. The molecule has 0 aromatic carbocycles. The van der Waals surface area contributed by atoms with Crippen molar-refractivity contribution in [2.75, 3.05) is 19.6 Å². The highest BCUT2D eigenvalue weighted by molar-refractivity contribution is 5.87. The number of amides is 1. The molecule has 0 atom stereocenters. The normalized spacial score (nSPS) is 10.7. The van der Waals surface area contributed by atoms with Crippen LogP contribution in [-0.4, -0.2) is 36.5 Å². The molecular formula is C23H43N3O. The third-order valence-corrected chi connectivity index (χ3v) is 3.18. The molecule has 0 saturated heterocycles. The lowest BCUT2D eigenvalue weighted by Crippen LogP contribution is -2.38. The molecule has 0 radical (unpaired) electrons. The van der Waals surface area contributed by atoms with Gasteiger partial charge in [-0.15, -0.1) is 0 Å². The van der Waals surface area contributed by atoms with Gasteiger partial charge in [0, 0.05) is 32.1 Å². The van der Waals surface area contributed by atoms with Gasteiger partial charge in [0.15, 0.2) is 0 Å². The van der Waals surface area contributed by atoms with Gasteiger partial charge in [0.2, 0.25) is 5.91 Å². The molecule has 0 aliphatic rings. The number of carbonyl (C=O) groups excluding carboxylic acids is 1. The first-order valence-electron chi connectivity index (χ1n) is 10.3. The van der Waals surface area contributed by atoms with Gasteiger partial charge in [-0.3, -0.25) is 9.69 Å². The Bertz CT molecular complexity index is 431. The highest BCUT2D eigenvalue weighted by atomic mass is 16.1. The quantitative estimate of drug-likeness (QED) is 0.374. The average Bonchev–Trinajstić information content (AvgIpc) is 2.62. The van der Waals surface area contributed by atoms with Crippen molar-refractivity contribution in [2.45, 2.75) is 80.2 Å². The molecule has 1 amide bonds. The van der Waals surface area contributed by atoms with E-state index in [9.17, 15) is 4.79 Å². The van der Waals surface area contributed by atoms with E-state index in [1.807, 2.05) is 18.2 Å². The van der Waals surface area contributed by atoms with Crippen molar-refractivity contribution in [1.82, 2.24) is 10.2 Å². The smallest absolute Gasteiger partial charge is 0.244 e. The van der Waals surface area contributed by atoms with Crippen molar-refractivity contribution < 1.29 is 4.79 Å². The molecule has 27 heavy (non-hydrogen) atoms. The Kier molecular flexibility index (Phi) is 29.2. The standard InChI is InChI=1S/C18H32N2O.C3H8.C2H3N/c1-5-7-9-10-11-12-13-18(21)19-14-16-20(17(3)4)15-8-6-2;1-3-2;1-2-3/h7,9-13,17H,5-6,8,14-16H2,1-4H3,(H,19,21);3H2,1-2H3;1H3/b9-7-,11-10-,13-12+;;. The van der Waals surface area contributed by atoms with E-state index in [-0.39, 0.29) is 5.91 Å². The van der Waals surface area contributed by atoms with Gasteiger partial charge in [-0.2, -0.15) is 5.26 Å². The first-order chi connectivity index (χ1) is 12.9. The molecular weight excluding hydrogens is 334 g/mol. The van der Waals surface area contributed by atoms with Crippen molar-refractivity contribution >= 4 is 5.91 Å². The van der Waals surface area contributed by atoms with Crippen molar-refractivity contribution in [1.29, 1.82) is 5.26 Å². The Morgan fingerprint density at radius 2 is 1.63 bits per heavy atom. The number of nitrogens with zero attached hydrogens (tertiary/aromatic N) is 2. The Morgan fingerprint density at radius 3 is 2.11 bits per heavy atom. The van der Waals surface area contributed by atoms with Gasteiger partial charge in [-0.1, -0.05) is 70.9 Å². The molecule has 0 aliphatic heterocycles. The Hall–Kier alpha value is -1.86. The van der Waals surface area contributed by atoms with Crippen LogP contribution in [0, 0.1) is 11.3 Å². The van der Waals surface area contributed by atoms with E-state index < -0.39 is 0 Å². The molecule has 0 saturated carbocycles. The molecule has 0 heterocycles. The van der Waals surface area contributed by atoms with Crippen LogP contribution in [0.4, 0.5) is 0 Å². The summed E-state index contributed by atoms with van der Waals surface area (Å²) in [5, 5.41) is 10.2. The molecule has 4 nitrogen and oxygen atoms in total. The molecule has 0 fully saturated rings. The van der Waals surface area contributed by atoms with Crippen LogP contribution in [-0.2, 0) is 4.79 Å². The number of hydrogen-bond acceptors (Lipinski definition) is 3. The number of nitrogens with one attached hydrogen (secondary N) is 1. The zero-order chi connectivity index (χ0) is 21.3. The summed E-state index contributed by atoms with van der Waals surface area (Å²) in [5.74, 6) is -0.0293. The molecule has 0 aliphatic carbocycles. The number of allylic oxidation sites excluding steroid dienone is 5. The number of carbonyl (C=O) groups is 1. The molecule has 0 bridgehead atoms. The third kappa shape index (κ3) is 29.2. The van der Waals surface area contributed by atoms with Gasteiger partial charge in [0.05, 0.1) is 6.07 Å². The summed E-state index contributed by atoms with van der Waals surface area (Å²) in [4.78, 5) is 14.0. The summed E-state index contributed by atoms with van der Waals surface area (Å²) < 4.78 is 0. The Balaban J connectivity index is -0.000000840. The predicted molar refractivity (Wildman–Crippen MR) is 120 cm³/mol. The lowest BCUT2D eigenvalue weighted by molar-refractivity contribution is -0.116. The fourth-order valence-electron chi connectivity index (χ4n) is 1.86. The topological polar surface area (TPSA) is 56.1 Å². The first-order valence-corrected chi connectivity index (χ1v) is 10.3. The minimum Gasteiger partial charge on any atom is -0.351 e. The van der Waals surface area contributed by atoms with Crippen molar-refractivity contribution in [3.05, 3.63) is 36.5 Å². The molecule has 0 rings (SSSR count). The van der Waals surface area contributed by atoms with Gasteiger partial charge < -0.3 is 5.32 Å². The number of nitriles is 1. The maximum Gasteiger partial charge on any atom is 0.244 e. The molecule has 4 heteroatoms. The summed E-state index contributed by atoms with van der Waals surface area (Å²) in [6, 6.07) is 2.28. The number of rotatable bonds is 11. The highest BCUT2D eigenvalue weighted by Crippen LogP contribution is 2.00. The minimum absolute atomic E-state index is 0.0293. The van der Waals surface area contributed by atoms with Crippen LogP contribution < -0.4 is 5.32 Å². The molecule has 156 valence electrons. The van der Waals surface area contributed by atoms with Crippen molar-refractivity contribution in [3.63, 3.8) is 0 Å². The molecule has 0 spiro atoms. The molecule has 1 N–H and O–H groups in total. The summed E-state index contributed by atoms with van der Waals surface area (Å²) in [5.41, 5.74) is 0. The van der Waals surface area contributed by atoms with Gasteiger partial charge in [-0.05, 0) is 33.2 Å². The molecule has 0 aromatic rings. The van der Waals surface area contributed by atoms with Gasteiger partial charge in [0.25, 0.3) is 0 Å². The molecule has 0 unspecified atom stereocenters. The van der Waals surface area contributed by atoms with Crippen LogP contribution in [0.15, 0.2) is 36.5 Å². The van der Waals surface area contributed by atoms with E-state index in [0.717, 1.165) is 19.5 Å². The number of unbranched alkanes of at least 4 members (excludes halogenated alkanes) is 1. The van der Waals surface area contributed by atoms with E-state index in [2.05, 4.69) is 57.8 Å². The summed E-state index contributed by atoms with van der Waals surface area (Å²) in [6.07, 6.45) is 15.9. The Labute approximate surface area is 169 Å². The molecule has 0 aromatic heterocycles. The Morgan fingerprint density at radius 1 is 1.07 bits per heavy atom. The van der Waals surface area contributed by atoms with E-state index >= 15 is 0 Å². The first kappa shape index (κ1) is 29.9. The van der Waals surface area contributed by atoms with Crippen LogP contribution in [0.2, 0.25) is 0 Å². The fraction of sp³-hybridized carbons (Fsp3) is 0.652. The van der Waals surface area contributed by atoms with E-state index in [0.29, 0.717) is 12.6 Å². The summed E-state index contributed by atoms with van der Waals surface area (Å²) >= 11 is 0. The predicted octanol–water partition coefficient (Wildman–Crippen LogP) is 5.64. The van der Waals surface area contributed by atoms with Gasteiger partial charge in [0.1, 0.15) is 0 Å². The zero-order valence-electron chi connectivity index (χ0n) is 18.8.